The number of nitrogens with zero attached hydrogens (tertiary/aromatic N) is 1. The highest BCUT2D eigenvalue weighted by Gasteiger charge is 2.27. The van der Waals surface area contributed by atoms with Crippen LogP contribution in [0.5, 0.6) is 0 Å². The van der Waals surface area contributed by atoms with Crippen molar-refractivity contribution < 1.29 is 32.9 Å². The number of hydrogen-bond acceptors (Lipinski definition) is 4. The molecule has 0 radical (unpaired) electrons. The zero-order chi connectivity index (χ0) is 25.5. The minimum Gasteiger partial charge on any atom is -0.481 e. The molecule has 0 amide bonds. The molecule has 0 bridgehead atoms. The van der Waals surface area contributed by atoms with Gasteiger partial charge in [0.2, 0.25) is 0 Å². The van der Waals surface area contributed by atoms with Crippen LogP contribution in [0, 0.1) is 17.5 Å². The molecule has 1 fully saturated rings. The molecule has 0 unspecified atom stereocenters. The molecule has 2 aromatic carbocycles. The van der Waals surface area contributed by atoms with E-state index in [2.05, 4.69) is 4.90 Å². The van der Waals surface area contributed by atoms with Crippen LogP contribution in [0.2, 0.25) is 5.02 Å². The van der Waals surface area contributed by atoms with Crippen LogP contribution in [0.3, 0.4) is 0 Å². The first-order valence-corrected chi connectivity index (χ1v) is 12.2. The fourth-order valence-corrected chi connectivity index (χ4v) is 4.76. The minimum atomic E-state index is -1.04. The van der Waals surface area contributed by atoms with Gasteiger partial charge in [-0.2, -0.15) is 0 Å². The quantitative estimate of drug-likeness (QED) is 0.402. The monoisotopic (exact) mass is 513 g/mol. The molecule has 9 heteroatoms. The number of carboxylic acid groups (broad SMARTS) is 1. The molecule has 192 valence electrons. The van der Waals surface area contributed by atoms with E-state index in [-0.39, 0.29) is 30.5 Å². The van der Waals surface area contributed by atoms with Gasteiger partial charge >= 0.3 is 5.97 Å². The van der Waals surface area contributed by atoms with E-state index in [1.165, 1.54) is 6.07 Å². The normalized spacial score (nSPS) is 18.1. The highest BCUT2D eigenvalue weighted by molar-refractivity contribution is 6.30. The second kappa shape index (κ2) is 12.7. The Kier molecular flexibility index (Phi) is 9.98. The standard InChI is InChI=1S/C26H31ClF3NO4/c1-2-25(20-13-24(30)23(29)12-17(20)6-8-26(33)34)35-15-19(32)14-31-9-3-4-18(31)10-16-5-7-21(27)22(28)11-16/h5,7,11-13,18-19,25,32H,2-4,6,8-10,14-15H2,1H3,(H,33,34)/t18-,19+,25+/m0/s1. The lowest BCUT2D eigenvalue weighted by Crippen LogP contribution is -2.39. The lowest BCUT2D eigenvalue weighted by atomic mass is 9.96. The predicted octanol–water partition coefficient (Wildman–Crippen LogP) is 5.31. The molecular formula is C26H31ClF3NO4. The second-order valence-electron chi connectivity index (χ2n) is 8.99. The minimum absolute atomic E-state index is 0.0192. The first-order chi connectivity index (χ1) is 16.7. The number of rotatable bonds is 12. The number of carbonyl (C=O) groups is 1. The van der Waals surface area contributed by atoms with Crippen molar-refractivity contribution >= 4 is 17.6 Å². The van der Waals surface area contributed by atoms with Gasteiger partial charge in [-0.3, -0.25) is 9.69 Å². The zero-order valence-electron chi connectivity index (χ0n) is 19.7. The van der Waals surface area contributed by atoms with E-state index < -0.39 is 35.6 Å². The molecular weight excluding hydrogens is 483 g/mol. The largest absolute Gasteiger partial charge is 0.481 e. The van der Waals surface area contributed by atoms with E-state index in [1.54, 1.807) is 12.1 Å². The summed E-state index contributed by atoms with van der Waals surface area (Å²) in [4.78, 5) is 13.1. The van der Waals surface area contributed by atoms with Crippen molar-refractivity contribution in [2.45, 2.75) is 63.7 Å². The van der Waals surface area contributed by atoms with Crippen LogP contribution in [0.25, 0.3) is 0 Å². The Morgan fingerprint density at radius 3 is 2.63 bits per heavy atom. The van der Waals surface area contributed by atoms with Gasteiger partial charge in [-0.25, -0.2) is 13.2 Å². The number of aliphatic hydroxyl groups is 1. The SMILES string of the molecule is CC[C@@H](OC[C@H](O)CN1CCC[C@H]1Cc1ccc(Cl)c(F)c1)c1cc(F)c(F)cc1CCC(=O)O. The summed E-state index contributed by atoms with van der Waals surface area (Å²) < 4.78 is 47.4. The topological polar surface area (TPSA) is 70.0 Å². The summed E-state index contributed by atoms with van der Waals surface area (Å²) in [5.41, 5.74) is 1.61. The van der Waals surface area contributed by atoms with Crippen LogP contribution in [0.4, 0.5) is 13.2 Å². The molecule has 1 saturated heterocycles. The zero-order valence-corrected chi connectivity index (χ0v) is 20.4. The molecule has 2 N–H and O–H groups in total. The van der Waals surface area contributed by atoms with E-state index in [0.29, 0.717) is 30.5 Å². The Morgan fingerprint density at radius 1 is 1.20 bits per heavy atom. The van der Waals surface area contributed by atoms with Gasteiger partial charge < -0.3 is 14.9 Å². The summed E-state index contributed by atoms with van der Waals surface area (Å²) >= 11 is 5.77. The van der Waals surface area contributed by atoms with Gasteiger partial charge in [-0.05, 0) is 79.6 Å². The molecule has 0 aliphatic carbocycles. The maximum absolute atomic E-state index is 14.0. The Balaban J connectivity index is 1.60. The third-order valence-electron chi connectivity index (χ3n) is 6.40. The Morgan fingerprint density at radius 2 is 1.94 bits per heavy atom. The number of aryl methyl sites for hydroxylation is 1. The van der Waals surface area contributed by atoms with Crippen LogP contribution < -0.4 is 0 Å². The molecule has 0 aromatic heterocycles. The molecule has 3 rings (SSSR count). The maximum Gasteiger partial charge on any atom is 0.303 e. The number of halogens is 4. The van der Waals surface area contributed by atoms with Crippen molar-refractivity contribution in [2.75, 3.05) is 19.7 Å². The summed E-state index contributed by atoms with van der Waals surface area (Å²) in [6.45, 7) is 2.97. The van der Waals surface area contributed by atoms with Crippen LogP contribution in [0.1, 0.15) is 55.4 Å². The first kappa shape index (κ1) is 27.5. The van der Waals surface area contributed by atoms with Crippen LogP contribution >= 0.6 is 11.6 Å². The van der Waals surface area contributed by atoms with Gasteiger partial charge in [0.1, 0.15) is 5.82 Å². The van der Waals surface area contributed by atoms with Crippen molar-refractivity contribution in [1.82, 2.24) is 4.90 Å². The number of likely N-dealkylation sites (tertiary alicyclic amines) is 1. The molecule has 1 aliphatic rings. The average Bonchev–Trinajstić information content (AvgIpc) is 3.23. The van der Waals surface area contributed by atoms with E-state index in [9.17, 15) is 23.1 Å². The summed E-state index contributed by atoms with van der Waals surface area (Å²) in [5.74, 6) is -3.55. The van der Waals surface area contributed by atoms with Crippen LogP contribution in [-0.4, -0.2) is 52.9 Å². The summed E-state index contributed by atoms with van der Waals surface area (Å²) in [6.07, 6.45) is 1.36. The smallest absolute Gasteiger partial charge is 0.303 e. The van der Waals surface area contributed by atoms with Gasteiger partial charge in [-0.15, -0.1) is 0 Å². The summed E-state index contributed by atoms with van der Waals surface area (Å²) in [5, 5.41) is 19.7. The molecule has 0 spiro atoms. The van der Waals surface area contributed by atoms with Gasteiger partial charge in [0, 0.05) is 19.0 Å². The van der Waals surface area contributed by atoms with E-state index in [4.69, 9.17) is 21.4 Å². The molecule has 5 nitrogen and oxygen atoms in total. The first-order valence-electron chi connectivity index (χ1n) is 11.8. The number of β-amino-alcohol motifs (C(OH)–C–C–N with tert-alkyl or cyclic N) is 1. The molecule has 0 saturated carbocycles. The highest BCUT2D eigenvalue weighted by Crippen LogP contribution is 2.29. The molecule has 2 aromatic rings. The fourth-order valence-electron chi connectivity index (χ4n) is 4.64. The van der Waals surface area contributed by atoms with Crippen molar-refractivity contribution in [3.05, 3.63) is 69.5 Å². The molecule has 3 atom stereocenters. The molecule has 1 heterocycles. The van der Waals surface area contributed by atoms with Crippen molar-refractivity contribution in [1.29, 1.82) is 0 Å². The van der Waals surface area contributed by atoms with E-state index in [0.717, 1.165) is 37.1 Å². The third-order valence-corrected chi connectivity index (χ3v) is 6.70. The van der Waals surface area contributed by atoms with Gasteiger partial charge in [-0.1, -0.05) is 24.6 Å². The Hall–Kier alpha value is -2.13. The fraction of sp³-hybridized carbons (Fsp3) is 0.500. The van der Waals surface area contributed by atoms with Crippen LogP contribution in [0.15, 0.2) is 30.3 Å². The number of aliphatic carboxylic acids is 1. The average molecular weight is 514 g/mol. The van der Waals surface area contributed by atoms with Crippen LogP contribution in [-0.2, 0) is 22.4 Å². The number of ether oxygens (including phenoxy) is 1. The summed E-state index contributed by atoms with van der Waals surface area (Å²) in [6, 6.07) is 7.01. The maximum atomic E-state index is 14.0. The van der Waals surface area contributed by atoms with E-state index in [1.807, 2.05) is 6.92 Å². The third kappa shape index (κ3) is 7.67. The Labute approximate surface area is 208 Å². The van der Waals surface area contributed by atoms with Gasteiger partial charge in [0.15, 0.2) is 11.6 Å². The van der Waals surface area contributed by atoms with Crippen molar-refractivity contribution in [3.8, 4) is 0 Å². The number of benzene rings is 2. The second-order valence-corrected chi connectivity index (χ2v) is 9.39. The molecule has 35 heavy (non-hydrogen) atoms. The van der Waals surface area contributed by atoms with E-state index >= 15 is 0 Å². The Bertz CT molecular complexity index is 1020. The van der Waals surface area contributed by atoms with Gasteiger partial charge in [0.05, 0.1) is 23.8 Å². The molecule has 1 aliphatic heterocycles. The number of carboxylic acids is 1. The predicted molar refractivity (Wildman–Crippen MR) is 127 cm³/mol. The summed E-state index contributed by atoms with van der Waals surface area (Å²) in [7, 11) is 0. The lowest BCUT2D eigenvalue weighted by Gasteiger charge is -2.28. The number of hydrogen-bond donors (Lipinski definition) is 2. The van der Waals surface area contributed by atoms with Gasteiger partial charge in [0.25, 0.3) is 0 Å². The highest BCUT2D eigenvalue weighted by atomic mass is 35.5. The van der Waals surface area contributed by atoms with Crippen molar-refractivity contribution in [3.63, 3.8) is 0 Å². The van der Waals surface area contributed by atoms with Crippen molar-refractivity contribution in [2.24, 2.45) is 0 Å². The number of aliphatic hydroxyl groups excluding tert-OH is 1. The lowest BCUT2D eigenvalue weighted by molar-refractivity contribution is -0.136.